The van der Waals surface area contributed by atoms with Gasteiger partial charge in [-0.2, -0.15) is 0 Å². The summed E-state index contributed by atoms with van der Waals surface area (Å²) in [7, 11) is 0. The third kappa shape index (κ3) is 3.51. The summed E-state index contributed by atoms with van der Waals surface area (Å²) in [6.07, 6.45) is 1.66. The zero-order chi connectivity index (χ0) is 15.6. The predicted molar refractivity (Wildman–Crippen MR) is 82.7 cm³/mol. The first kappa shape index (κ1) is 15.7. The van der Waals surface area contributed by atoms with Crippen LogP contribution in [0.5, 0.6) is 0 Å². The first-order valence-electron chi connectivity index (χ1n) is 6.47. The fourth-order valence-electron chi connectivity index (χ4n) is 1.99. The number of fused-ring (bicyclic) bond motifs is 1. The number of carboxylic acids is 1. The van der Waals surface area contributed by atoms with E-state index in [0.717, 1.165) is 16.5 Å². The van der Waals surface area contributed by atoms with E-state index in [1.54, 1.807) is 32.2 Å². The van der Waals surface area contributed by atoms with Crippen LogP contribution in [-0.4, -0.2) is 26.8 Å². The molecule has 0 unspecified atom stereocenters. The van der Waals surface area contributed by atoms with Gasteiger partial charge in [-0.25, -0.2) is 4.39 Å². The Kier molecular flexibility index (Phi) is 4.49. The van der Waals surface area contributed by atoms with Crippen molar-refractivity contribution in [3.63, 3.8) is 0 Å². The number of benzene rings is 1. The summed E-state index contributed by atoms with van der Waals surface area (Å²) >= 11 is 1.38. The number of aliphatic carboxylic acids is 1. The molecule has 2 aromatic rings. The Balaban J connectivity index is 2.26. The van der Waals surface area contributed by atoms with Crippen LogP contribution in [0.2, 0.25) is 0 Å². The summed E-state index contributed by atoms with van der Waals surface area (Å²) in [6, 6.07) is 5.43. The minimum Gasteiger partial charge on any atom is -0.480 e. The maximum atomic E-state index is 13.6. The lowest BCUT2D eigenvalue weighted by molar-refractivity contribution is -0.139. The van der Waals surface area contributed by atoms with E-state index in [1.165, 1.54) is 23.9 Å². The fraction of sp³-hybridized carbons (Fsp3) is 0.333. The van der Waals surface area contributed by atoms with Crippen molar-refractivity contribution >= 4 is 28.6 Å². The molecule has 0 aliphatic heterocycles. The Morgan fingerprint density at radius 3 is 2.90 bits per heavy atom. The van der Waals surface area contributed by atoms with E-state index in [9.17, 15) is 9.18 Å². The van der Waals surface area contributed by atoms with Crippen molar-refractivity contribution in [2.75, 3.05) is 0 Å². The van der Waals surface area contributed by atoms with Crippen LogP contribution in [0.25, 0.3) is 10.9 Å². The van der Waals surface area contributed by atoms with Gasteiger partial charge in [-0.05, 0) is 37.6 Å². The Morgan fingerprint density at radius 1 is 1.52 bits per heavy atom. The van der Waals surface area contributed by atoms with Crippen molar-refractivity contribution in [2.24, 2.45) is 5.73 Å². The van der Waals surface area contributed by atoms with Gasteiger partial charge < -0.3 is 10.8 Å². The van der Waals surface area contributed by atoms with Crippen molar-refractivity contribution in [1.29, 1.82) is 0 Å². The number of halogens is 1. The SMILES string of the molecule is CC(C)(SCc1cc(F)cc2cccnc12)[C@@H](N)C(=O)O. The summed E-state index contributed by atoms with van der Waals surface area (Å²) in [4.78, 5) is 15.3. The molecule has 21 heavy (non-hydrogen) atoms. The molecule has 0 bridgehead atoms. The quantitative estimate of drug-likeness (QED) is 0.888. The van der Waals surface area contributed by atoms with Gasteiger partial charge >= 0.3 is 5.97 Å². The molecule has 0 radical (unpaired) electrons. The highest BCUT2D eigenvalue weighted by atomic mass is 32.2. The number of rotatable bonds is 5. The van der Waals surface area contributed by atoms with E-state index >= 15 is 0 Å². The molecule has 4 nitrogen and oxygen atoms in total. The maximum absolute atomic E-state index is 13.6. The van der Waals surface area contributed by atoms with E-state index in [-0.39, 0.29) is 5.82 Å². The number of aromatic nitrogens is 1. The van der Waals surface area contributed by atoms with Gasteiger partial charge in [0.25, 0.3) is 0 Å². The number of pyridine rings is 1. The minimum absolute atomic E-state index is 0.327. The predicted octanol–water partition coefficient (Wildman–Crippen LogP) is 2.80. The number of carbonyl (C=O) groups is 1. The Morgan fingerprint density at radius 2 is 2.24 bits per heavy atom. The summed E-state index contributed by atoms with van der Waals surface area (Å²) in [5.41, 5.74) is 7.16. The molecular formula is C15H17FN2O2S. The van der Waals surface area contributed by atoms with Gasteiger partial charge in [0.05, 0.1) is 5.52 Å². The highest BCUT2D eigenvalue weighted by Crippen LogP contribution is 2.32. The molecule has 1 aromatic carbocycles. The van der Waals surface area contributed by atoms with Gasteiger partial charge in [-0.3, -0.25) is 9.78 Å². The monoisotopic (exact) mass is 308 g/mol. The number of thioether (sulfide) groups is 1. The second-order valence-electron chi connectivity index (χ2n) is 5.35. The van der Waals surface area contributed by atoms with E-state index in [0.29, 0.717) is 5.75 Å². The lowest BCUT2D eigenvalue weighted by Gasteiger charge is -2.28. The minimum atomic E-state index is -1.05. The highest BCUT2D eigenvalue weighted by molar-refractivity contribution is 7.99. The largest absolute Gasteiger partial charge is 0.480 e. The molecule has 0 saturated carbocycles. The normalized spacial score (nSPS) is 13.3. The fourth-order valence-corrected chi connectivity index (χ4v) is 3.02. The smallest absolute Gasteiger partial charge is 0.321 e. The second-order valence-corrected chi connectivity index (χ2v) is 6.98. The summed E-state index contributed by atoms with van der Waals surface area (Å²) < 4.78 is 13.0. The van der Waals surface area contributed by atoms with Gasteiger partial charge in [0.15, 0.2) is 0 Å². The molecule has 1 heterocycles. The van der Waals surface area contributed by atoms with Crippen LogP contribution in [0.15, 0.2) is 30.5 Å². The topological polar surface area (TPSA) is 76.2 Å². The van der Waals surface area contributed by atoms with Gasteiger partial charge in [-0.15, -0.1) is 11.8 Å². The second kappa shape index (κ2) is 5.99. The van der Waals surface area contributed by atoms with Crippen molar-refractivity contribution < 1.29 is 14.3 Å². The molecule has 0 spiro atoms. The summed E-state index contributed by atoms with van der Waals surface area (Å²) in [6.45, 7) is 3.54. The van der Waals surface area contributed by atoms with Crippen molar-refractivity contribution in [3.8, 4) is 0 Å². The van der Waals surface area contributed by atoms with Crippen LogP contribution in [0.3, 0.4) is 0 Å². The third-order valence-corrected chi connectivity index (χ3v) is 4.82. The molecule has 0 amide bonds. The first-order chi connectivity index (χ1) is 9.81. The average Bonchev–Trinajstić information content (AvgIpc) is 2.43. The van der Waals surface area contributed by atoms with Crippen LogP contribution in [-0.2, 0) is 10.5 Å². The standard InChI is InChI=1S/C15H17FN2O2S/c1-15(2,13(17)14(19)20)21-8-10-7-11(16)6-9-4-3-5-18-12(9)10/h3-7,13H,8,17H2,1-2H3,(H,19,20)/t13-/m0/s1. The number of nitrogens with zero attached hydrogens (tertiary/aromatic N) is 1. The number of hydrogen-bond donors (Lipinski definition) is 2. The van der Waals surface area contributed by atoms with Crippen molar-refractivity contribution in [3.05, 3.63) is 41.8 Å². The molecule has 112 valence electrons. The van der Waals surface area contributed by atoms with E-state index in [1.807, 2.05) is 0 Å². The molecule has 2 rings (SSSR count). The molecule has 0 aliphatic rings. The van der Waals surface area contributed by atoms with Crippen molar-refractivity contribution in [1.82, 2.24) is 4.98 Å². The molecule has 1 atom stereocenters. The molecule has 3 N–H and O–H groups in total. The average molecular weight is 308 g/mol. The van der Waals surface area contributed by atoms with Gasteiger partial charge in [0.1, 0.15) is 11.9 Å². The van der Waals surface area contributed by atoms with Crippen LogP contribution >= 0.6 is 11.8 Å². The number of carboxylic acid groups (broad SMARTS) is 1. The van der Waals surface area contributed by atoms with Crippen LogP contribution in [0, 0.1) is 5.82 Å². The van der Waals surface area contributed by atoms with Gasteiger partial charge in [-0.1, -0.05) is 6.07 Å². The van der Waals surface area contributed by atoms with Gasteiger partial charge in [0, 0.05) is 22.1 Å². The highest BCUT2D eigenvalue weighted by Gasteiger charge is 2.32. The van der Waals surface area contributed by atoms with E-state index in [2.05, 4.69) is 4.98 Å². The van der Waals surface area contributed by atoms with Crippen LogP contribution in [0.1, 0.15) is 19.4 Å². The Labute approximate surface area is 126 Å². The first-order valence-corrected chi connectivity index (χ1v) is 7.45. The Bertz CT molecular complexity index is 676. The Hall–Kier alpha value is -1.66. The molecule has 1 aromatic heterocycles. The maximum Gasteiger partial charge on any atom is 0.321 e. The summed E-state index contributed by atoms with van der Waals surface area (Å²) in [5.74, 6) is -0.930. The van der Waals surface area contributed by atoms with E-state index < -0.39 is 16.8 Å². The van der Waals surface area contributed by atoms with E-state index in [4.69, 9.17) is 10.8 Å². The lowest BCUT2D eigenvalue weighted by atomic mass is 10.1. The zero-order valence-electron chi connectivity index (χ0n) is 11.8. The molecule has 0 saturated heterocycles. The molecule has 0 aliphatic carbocycles. The van der Waals surface area contributed by atoms with Crippen LogP contribution < -0.4 is 5.73 Å². The molecule has 6 heteroatoms. The lowest BCUT2D eigenvalue weighted by Crippen LogP contribution is -2.46. The zero-order valence-corrected chi connectivity index (χ0v) is 12.7. The third-order valence-electron chi connectivity index (χ3n) is 3.36. The van der Waals surface area contributed by atoms with Crippen LogP contribution in [0.4, 0.5) is 4.39 Å². The number of nitrogens with two attached hydrogens (primary N) is 1. The van der Waals surface area contributed by atoms with Crippen molar-refractivity contribution in [2.45, 2.75) is 30.4 Å². The summed E-state index contributed by atoms with van der Waals surface area (Å²) in [5, 5.41) is 9.75. The number of hydrogen-bond acceptors (Lipinski definition) is 4. The molecule has 0 fully saturated rings. The molecular weight excluding hydrogens is 291 g/mol. The van der Waals surface area contributed by atoms with Gasteiger partial charge in [0.2, 0.25) is 0 Å².